The molecule has 0 amide bonds. The van der Waals surface area contributed by atoms with E-state index in [9.17, 15) is 36.2 Å². The molecule has 4 nitrogen and oxygen atoms in total. The van der Waals surface area contributed by atoms with Gasteiger partial charge in [-0.25, -0.2) is 4.79 Å². The first-order chi connectivity index (χ1) is 11.9. The molecule has 0 radical (unpaired) electrons. The second-order valence-electron chi connectivity index (χ2n) is 5.08. The van der Waals surface area contributed by atoms with Crippen molar-refractivity contribution < 1.29 is 46.1 Å². The minimum Gasteiger partial charge on any atom is -0.479 e. The molecule has 0 aliphatic rings. The summed E-state index contributed by atoms with van der Waals surface area (Å²) in [4.78, 5) is 11.0. The van der Waals surface area contributed by atoms with Gasteiger partial charge < -0.3 is 14.9 Å². The van der Waals surface area contributed by atoms with E-state index >= 15 is 0 Å². The van der Waals surface area contributed by atoms with Crippen LogP contribution in [0, 0.1) is 0 Å². The van der Waals surface area contributed by atoms with Crippen LogP contribution >= 0.6 is 0 Å². The molecule has 0 aliphatic heterocycles. The van der Waals surface area contributed by atoms with Gasteiger partial charge in [-0.1, -0.05) is 24.3 Å². The van der Waals surface area contributed by atoms with E-state index in [0.717, 1.165) is 18.2 Å². The average Bonchev–Trinajstić information content (AvgIpc) is 2.51. The van der Waals surface area contributed by atoms with Gasteiger partial charge in [0.25, 0.3) is 0 Å². The normalized spacial score (nSPS) is 13.3. The van der Waals surface area contributed by atoms with E-state index in [2.05, 4.69) is 4.74 Å². The summed E-state index contributed by atoms with van der Waals surface area (Å²) in [5, 5.41) is 18.6. The van der Waals surface area contributed by atoms with Crippen molar-refractivity contribution in [1.82, 2.24) is 0 Å². The number of carboxylic acids is 1. The van der Waals surface area contributed by atoms with Crippen LogP contribution in [0.25, 0.3) is 11.1 Å². The number of carboxylic acid groups (broad SMARTS) is 1. The van der Waals surface area contributed by atoms with Crippen LogP contribution < -0.4 is 4.74 Å². The van der Waals surface area contributed by atoms with E-state index in [0.29, 0.717) is 12.1 Å². The van der Waals surface area contributed by atoms with Crippen LogP contribution in [0.1, 0.15) is 17.2 Å². The van der Waals surface area contributed by atoms with Gasteiger partial charge in [-0.3, -0.25) is 0 Å². The van der Waals surface area contributed by atoms with E-state index in [1.165, 1.54) is 12.1 Å². The standard InChI is InChI=1S/C16H10F6O4/c17-15(18,19)8-5-6-9(11(7-8)13(23)14(24)25)10-3-1-2-4-12(10)26-16(20,21)22/h1-7,13,23H,(H,24,25). The molecule has 0 saturated carbocycles. The number of aliphatic carboxylic acids is 1. The molecule has 0 aliphatic carbocycles. The van der Waals surface area contributed by atoms with Crippen LogP contribution in [0.5, 0.6) is 5.75 Å². The lowest BCUT2D eigenvalue weighted by atomic mass is 9.93. The Bertz CT molecular complexity index is 813. The number of aliphatic hydroxyl groups is 1. The zero-order chi connectivity index (χ0) is 19.7. The van der Waals surface area contributed by atoms with Crippen LogP contribution in [0.2, 0.25) is 0 Å². The summed E-state index contributed by atoms with van der Waals surface area (Å²) in [6.45, 7) is 0. The van der Waals surface area contributed by atoms with E-state index in [-0.39, 0.29) is 11.1 Å². The number of ether oxygens (including phenoxy) is 1. The predicted molar refractivity (Wildman–Crippen MR) is 76.2 cm³/mol. The molecule has 26 heavy (non-hydrogen) atoms. The molecule has 2 aromatic carbocycles. The lowest BCUT2D eigenvalue weighted by molar-refractivity contribution is -0.274. The number of para-hydroxylation sites is 1. The zero-order valence-corrected chi connectivity index (χ0v) is 12.6. The van der Waals surface area contributed by atoms with E-state index in [1.54, 1.807) is 0 Å². The summed E-state index contributed by atoms with van der Waals surface area (Å²) in [6, 6.07) is 6.22. The van der Waals surface area contributed by atoms with Crippen molar-refractivity contribution in [3.63, 3.8) is 0 Å². The molecular weight excluding hydrogens is 370 g/mol. The minimum atomic E-state index is -5.08. The van der Waals surface area contributed by atoms with Gasteiger partial charge in [-0.15, -0.1) is 13.2 Å². The van der Waals surface area contributed by atoms with Crippen LogP contribution in [-0.4, -0.2) is 22.5 Å². The highest BCUT2D eigenvalue weighted by molar-refractivity contribution is 5.81. The molecule has 2 rings (SSSR count). The number of alkyl halides is 6. The van der Waals surface area contributed by atoms with Gasteiger partial charge in [0.15, 0.2) is 6.10 Å². The second kappa shape index (κ2) is 6.87. The number of benzene rings is 2. The maximum atomic E-state index is 12.9. The van der Waals surface area contributed by atoms with Crippen molar-refractivity contribution in [2.75, 3.05) is 0 Å². The Morgan fingerprint density at radius 2 is 1.58 bits per heavy atom. The molecule has 0 bridgehead atoms. The van der Waals surface area contributed by atoms with E-state index in [1.807, 2.05) is 0 Å². The fourth-order valence-corrected chi connectivity index (χ4v) is 2.25. The molecule has 0 fully saturated rings. The first-order valence-corrected chi connectivity index (χ1v) is 6.87. The Labute approximate surface area is 142 Å². The Hall–Kier alpha value is -2.75. The minimum absolute atomic E-state index is 0.325. The summed E-state index contributed by atoms with van der Waals surface area (Å²) >= 11 is 0. The van der Waals surface area contributed by atoms with Crippen LogP contribution in [0.15, 0.2) is 42.5 Å². The molecule has 0 saturated heterocycles. The van der Waals surface area contributed by atoms with Crippen LogP contribution in [0.3, 0.4) is 0 Å². The number of hydrogen-bond acceptors (Lipinski definition) is 3. The van der Waals surface area contributed by atoms with E-state index < -0.39 is 41.5 Å². The second-order valence-corrected chi connectivity index (χ2v) is 5.08. The number of halogens is 6. The maximum absolute atomic E-state index is 12.9. The molecule has 1 unspecified atom stereocenters. The molecule has 0 aromatic heterocycles. The molecule has 1 atom stereocenters. The van der Waals surface area contributed by atoms with Gasteiger partial charge in [-0.05, 0) is 23.8 Å². The molecule has 140 valence electrons. The fraction of sp³-hybridized carbons (Fsp3) is 0.188. The number of carbonyl (C=O) groups is 1. The Balaban J connectivity index is 2.68. The third kappa shape index (κ3) is 4.45. The van der Waals surface area contributed by atoms with Crippen LogP contribution in [0.4, 0.5) is 26.3 Å². The largest absolute Gasteiger partial charge is 0.573 e. The monoisotopic (exact) mass is 380 g/mol. The quantitative estimate of drug-likeness (QED) is 0.773. The van der Waals surface area contributed by atoms with Crippen molar-refractivity contribution in [3.05, 3.63) is 53.6 Å². The molecule has 0 spiro atoms. The third-order valence-electron chi connectivity index (χ3n) is 3.31. The maximum Gasteiger partial charge on any atom is 0.573 e. The van der Waals surface area contributed by atoms with Gasteiger partial charge in [0.1, 0.15) is 5.75 Å². The Kier molecular flexibility index (Phi) is 5.17. The number of aliphatic hydroxyl groups excluding tert-OH is 1. The van der Waals surface area contributed by atoms with Crippen molar-refractivity contribution in [2.45, 2.75) is 18.6 Å². The zero-order valence-electron chi connectivity index (χ0n) is 12.6. The molecule has 2 N–H and O–H groups in total. The summed E-state index contributed by atoms with van der Waals surface area (Å²) < 4.78 is 80.0. The highest BCUT2D eigenvalue weighted by Gasteiger charge is 2.35. The molecular formula is C16H10F6O4. The first-order valence-electron chi connectivity index (χ1n) is 6.87. The Morgan fingerprint density at radius 3 is 2.12 bits per heavy atom. The summed E-state index contributed by atoms with van der Waals surface area (Å²) in [6.07, 6.45) is -12.3. The van der Waals surface area contributed by atoms with Crippen molar-refractivity contribution in [1.29, 1.82) is 0 Å². The van der Waals surface area contributed by atoms with Crippen molar-refractivity contribution in [2.24, 2.45) is 0 Å². The smallest absolute Gasteiger partial charge is 0.479 e. The van der Waals surface area contributed by atoms with Gasteiger partial charge in [0.2, 0.25) is 0 Å². The van der Waals surface area contributed by atoms with E-state index in [4.69, 9.17) is 5.11 Å². The lowest BCUT2D eigenvalue weighted by Gasteiger charge is -2.18. The highest BCUT2D eigenvalue weighted by Crippen LogP contribution is 2.40. The van der Waals surface area contributed by atoms with Gasteiger partial charge >= 0.3 is 18.5 Å². The predicted octanol–water partition coefficient (Wildman–Crippen LogP) is 4.39. The van der Waals surface area contributed by atoms with Crippen molar-refractivity contribution in [3.8, 4) is 16.9 Å². The molecule has 2 aromatic rings. The Morgan fingerprint density at radius 1 is 0.962 bits per heavy atom. The van der Waals surface area contributed by atoms with Crippen molar-refractivity contribution >= 4 is 5.97 Å². The number of hydrogen-bond donors (Lipinski definition) is 2. The third-order valence-corrected chi connectivity index (χ3v) is 3.31. The molecule has 10 heteroatoms. The summed E-state index contributed by atoms with van der Waals surface area (Å²) in [7, 11) is 0. The lowest BCUT2D eigenvalue weighted by Crippen LogP contribution is -2.18. The average molecular weight is 380 g/mol. The number of rotatable bonds is 4. The fourth-order valence-electron chi connectivity index (χ4n) is 2.25. The van der Waals surface area contributed by atoms with Gasteiger partial charge in [-0.2, -0.15) is 13.2 Å². The van der Waals surface area contributed by atoms with Crippen LogP contribution in [-0.2, 0) is 11.0 Å². The molecule has 0 heterocycles. The SMILES string of the molecule is O=C(O)C(O)c1cc(C(F)(F)F)ccc1-c1ccccc1OC(F)(F)F. The summed E-state index contributed by atoms with van der Waals surface area (Å²) in [5.41, 5.74) is -2.64. The van der Waals surface area contributed by atoms with Gasteiger partial charge in [0, 0.05) is 11.1 Å². The highest BCUT2D eigenvalue weighted by atomic mass is 19.4. The summed E-state index contributed by atoms with van der Waals surface area (Å²) in [5.74, 6) is -2.61. The first kappa shape index (κ1) is 19.6. The van der Waals surface area contributed by atoms with Gasteiger partial charge in [0.05, 0.1) is 5.56 Å². The topological polar surface area (TPSA) is 66.8 Å².